The van der Waals surface area contributed by atoms with Crippen molar-refractivity contribution in [1.29, 1.82) is 0 Å². The summed E-state index contributed by atoms with van der Waals surface area (Å²) in [7, 11) is 0. The van der Waals surface area contributed by atoms with Crippen LogP contribution in [0.1, 0.15) is 28.4 Å². The molecule has 0 atom stereocenters. The van der Waals surface area contributed by atoms with Gasteiger partial charge in [0.05, 0.1) is 18.5 Å². The Bertz CT molecular complexity index is 1430. The lowest BCUT2D eigenvalue weighted by atomic mass is 10.1. The summed E-state index contributed by atoms with van der Waals surface area (Å²) in [5, 5.41) is 18.9. The van der Waals surface area contributed by atoms with Crippen molar-refractivity contribution >= 4 is 40.2 Å². The number of carbonyl (C=O) groups excluding carboxylic acids is 1. The minimum absolute atomic E-state index is 0.314. The first-order valence-corrected chi connectivity index (χ1v) is 12.6. The standard InChI is InChI=1S/C28H26N4O5S/c1-3-36-25-14-19(6-13-24(25)37-16-26(33)34)15-29-32-27(35)21-9-7-20(8-10-21)23-17-38-28(31-23)30-22-11-4-18(2)5-12-22/h4-15,17H,3,16H2,1-2H3,(H,30,31)(H,32,35)(H,33,34)/b29-15+. The molecule has 38 heavy (non-hydrogen) atoms. The fourth-order valence-electron chi connectivity index (χ4n) is 3.38. The van der Waals surface area contributed by atoms with Crippen molar-refractivity contribution in [2.24, 2.45) is 5.10 Å². The van der Waals surface area contributed by atoms with Crippen LogP contribution in [0, 0.1) is 6.92 Å². The Labute approximate surface area is 223 Å². The number of nitrogens with zero attached hydrogens (tertiary/aromatic N) is 2. The highest BCUT2D eigenvalue weighted by molar-refractivity contribution is 7.14. The van der Waals surface area contributed by atoms with Gasteiger partial charge in [0.2, 0.25) is 0 Å². The summed E-state index contributed by atoms with van der Waals surface area (Å²) in [4.78, 5) is 27.9. The van der Waals surface area contributed by atoms with Gasteiger partial charge in [0, 0.05) is 22.2 Å². The highest BCUT2D eigenvalue weighted by Crippen LogP contribution is 2.29. The molecule has 1 aromatic heterocycles. The summed E-state index contributed by atoms with van der Waals surface area (Å²) in [6.07, 6.45) is 1.47. The molecule has 0 bridgehead atoms. The molecule has 1 heterocycles. The van der Waals surface area contributed by atoms with Gasteiger partial charge in [-0.25, -0.2) is 15.2 Å². The summed E-state index contributed by atoms with van der Waals surface area (Å²) >= 11 is 1.51. The first-order chi connectivity index (χ1) is 18.4. The lowest BCUT2D eigenvalue weighted by Crippen LogP contribution is -2.17. The predicted octanol–water partition coefficient (Wildman–Crippen LogP) is 5.49. The molecule has 1 amide bonds. The van der Waals surface area contributed by atoms with Gasteiger partial charge < -0.3 is 19.9 Å². The fraction of sp³-hybridized carbons (Fsp3) is 0.143. The third-order valence-corrected chi connectivity index (χ3v) is 6.01. The van der Waals surface area contributed by atoms with Crippen LogP contribution < -0.4 is 20.2 Å². The minimum atomic E-state index is -1.08. The number of aromatic nitrogens is 1. The van der Waals surface area contributed by atoms with Crippen LogP contribution in [-0.4, -0.2) is 41.4 Å². The van der Waals surface area contributed by atoms with E-state index in [0.29, 0.717) is 29.2 Å². The van der Waals surface area contributed by atoms with Crippen LogP contribution in [0.25, 0.3) is 11.3 Å². The van der Waals surface area contributed by atoms with E-state index in [9.17, 15) is 9.59 Å². The monoisotopic (exact) mass is 530 g/mol. The van der Waals surface area contributed by atoms with Crippen LogP contribution in [0.5, 0.6) is 11.5 Å². The zero-order chi connectivity index (χ0) is 26.9. The smallest absolute Gasteiger partial charge is 0.341 e. The number of amides is 1. The highest BCUT2D eigenvalue weighted by Gasteiger charge is 2.10. The fourth-order valence-corrected chi connectivity index (χ4v) is 4.12. The maximum Gasteiger partial charge on any atom is 0.341 e. The number of ether oxygens (including phenoxy) is 2. The van der Waals surface area contributed by atoms with Gasteiger partial charge >= 0.3 is 5.97 Å². The van der Waals surface area contributed by atoms with E-state index in [2.05, 4.69) is 20.8 Å². The zero-order valence-electron chi connectivity index (χ0n) is 20.8. The topological polar surface area (TPSA) is 122 Å². The number of rotatable bonds is 11. The van der Waals surface area contributed by atoms with Gasteiger partial charge in [-0.05, 0) is 61.9 Å². The molecule has 0 aliphatic carbocycles. The molecule has 0 saturated carbocycles. The predicted molar refractivity (Wildman–Crippen MR) is 148 cm³/mol. The minimum Gasteiger partial charge on any atom is -0.490 e. The molecule has 3 aromatic carbocycles. The Balaban J connectivity index is 1.35. The van der Waals surface area contributed by atoms with Gasteiger partial charge in [0.25, 0.3) is 5.91 Å². The number of aryl methyl sites for hydroxylation is 1. The van der Waals surface area contributed by atoms with Crippen molar-refractivity contribution in [3.05, 3.63) is 88.8 Å². The van der Waals surface area contributed by atoms with Crippen LogP contribution in [0.4, 0.5) is 10.8 Å². The van der Waals surface area contributed by atoms with Crippen molar-refractivity contribution in [1.82, 2.24) is 10.4 Å². The lowest BCUT2D eigenvalue weighted by Gasteiger charge is -2.11. The van der Waals surface area contributed by atoms with Crippen LogP contribution in [0.3, 0.4) is 0 Å². The Hall–Kier alpha value is -4.70. The second-order valence-corrected chi connectivity index (χ2v) is 8.99. The van der Waals surface area contributed by atoms with Gasteiger partial charge in [0.15, 0.2) is 23.2 Å². The molecule has 0 fully saturated rings. The summed E-state index contributed by atoms with van der Waals surface area (Å²) < 4.78 is 10.7. The molecule has 3 N–H and O–H groups in total. The average molecular weight is 531 g/mol. The Morgan fingerprint density at radius 2 is 1.79 bits per heavy atom. The number of thiazole rings is 1. The normalized spacial score (nSPS) is 10.8. The molecule has 0 unspecified atom stereocenters. The quantitative estimate of drug-likeness (QED) is 0.173. The maximum atomic E-state index is 12.5. The number of hydrazone groups is 1. The van der Waals surface area contributed by atoms with E-state index < -0.39 is 12.6 Å². The molecular formula is C28H26N4O5S. The van der Waals surface area contributed by atoms with Gasteiger partial charge in [0.1, 0.15) is 0 Å². The third kappa shape index (κ3) is 7.17. The molecule has 4 rings (SSSR count). The summed E-state index contributed by atoms with van der Waals surface area (Å²) in [5.74, 6) is -0.743. The molecule has 9 nitrogen and oxygen atoms in total. The number of anilines is 2. The van der Waals surface area contributed by atoms with E-state index in [1.165, 1.54) is 23.1 Å². The Kier molecular flexibility index (Phi) is 8.68. The molecule has 194 valence electrons. The second-order valence-electron chi connectivity index (χ2n) is 8.13. The van der Waals surface area contributed by atoms with Crippen molar-refractivity contribution < 1.29 is 24.2 Å². The van der Waals surface area contributed by atoms with Crippen LogP contribution >= 0.6 is 11.3 Å². The number of carboxylic acid groups (broad SMARTS) is 1. The number of aliphatic carboxylic acids is 1. The second kappa shape index (κ2) is 12.5. The van der Waals surface area contributed by atoms with E-state index in [0.717, 1.165) is 22.1 Å². The van der Waals surface area contributed by atoms with Crippen LogP contribution in [-0.2, 0) is 4.79 Å². The molecule has 0 saturated heterocycles. The SMILES string of the molecule is CCOc1cc(/C=N/NC(=O)c2ccc(-c3csc(Nc4ccc(C)cc4)n3)cc2)ccc1OCC(=O)O. The summed E-state index contributed by atoms with van der Waals surface area (Å²) in [6, 6.07) is 20.1. The zero-order valence-corrected chi connectivity index (χ0v) is 21.6. The first kappa shape index (κ1) is 26.4. The summed E-state index contributed by atoms with van der Waals surface area (Å²) in [6.45, 7) is 3.75. The molecule has 0 spiro atoms. The number of hydrogen-bond acceptors (Lipinski definition) is 8. The lowest BCUT2D eigenvalue weighted by molar-refractivity contribution is -0.139. The number of nitrogens with one attached hydrogen (secondary N) is 2. The van der Waals surface area contributed by atoms with E-state index in [1.807, 2.05) is 55.6 Å². The van der Waals surface area contributed by atoms with Crippen molar-refractivity contribution in [2.75, 3.05) is 18.5 Å². The number of carboxylic acids is 1. The van der Waals surface area contributed by atoms with E-state index >= 15 is 0 Å². The summed E-state index contributed by atoms with van der Waals surface area (Å²) in [5.41, 5.74) is 7.48. The molecule has 0 aliphatic rings. The van der Waals surface area contributed by atoms with Crippen molar-refractivity contribution in [2.45, 2.75) is 13.8 Å². The van der Waals surface area contributed by atoms with Gasteiger partial charge in [-0.3, -0.25) is 4.79 Å². The van der Waals surface area contributed by atoms with Crippen LogP contribution in [0.15, 0.2) is 77.2 Å². The highest BCUT2D eigenvalue weighted by atomic mass is 32.1. The van der Waals surface area contributed by atoms with Crippen molar-refractivity contribution in [3.8, 4) is 22.8 Å². The van der Waals surface area contributed by atoms with E-state index in [1.54, 1.807) is 30.3 Å². The Morgan fingerprint density at radius 1 is 1.03 bits per heavy atom. The number of carbonyl (C=O) groups is 2. The van der Waals surface area contributed by atoms with E-state index in [-0.39, 0.29) is 5.91 Å². The molecule has 0 aliphatic heterocycles. The Morgan fingerprint density at radius 3 is 2.50 bits per heavy atom. The average Bonchev–Trinajstić information content (AvgIpc) is 3.38. The largest absolute Gasteiger partial charge is 0.490 e. The maximum absolute atomic E-state index is 12.5. The van der Waals surface area contributed by atoms with Gasteiger partial charge in [-0.2, -0.15) is 5.10 Å². The van der Waals surface area contributed by atoms with Gasteiger partial charge in [-0.15, -0.1) is 11.3 Å². The first-order valence-electron chi connectivity index (χ1n) is 11.8. The third-order valence-electron chi connectivity index (χ3n) is 5.25. The molecule has 0 radical (unpaired) electrons. The molecule has 10 heteroatoms. The van der Waals surface area contributed by atoms with Crippen LogP contribution in [0.2, 0.25) is 0 Å². The molecule has 4 aromatic rings. The number of benzene rings is 3. The van der Waals surface area contributed by atoms with E-state index in [4.69, 9.17) is 14.6 Å². The number of hydrogen-bond donors (Lipinski definition) is 3. The molecular weight excluding hydrogens is 504 g/mol. The van der Waals surface area contributed by atoms with Crippen molar-refractivity contribution in [3.63, 3.8) is 0 Å². The van der Waals surface area contributed by atoms with Gasteiger partial charge in [-0.1, -0.05) is 29.8 Å².